The van der Waals surface area contributed by atoms with Crippen LogP contribution in [0, 0.1) is 6.92 Å². The lowest BCUT2D eigenvalue weighted by atomic mass is 10.1. The fourth-order valence-electron chi connectivity index (χ4n) is 2.32. The zero-order chi connectivity index (χ0) is 15.9. The first-order valence-corrected chi connectivity index (χ1v) is 7.64. The van der Waals surface area contributed by atoms with Crippen molar-refractivity contribution in [1.82, 2.24) is 9.97 Å². The van der Waals surface area contributed by atoms with Gasteiger partial charge in [0.25, 0.3) is 0 Å². The molecule has 0 unspecified atom stereocenters. The van der Waals surface area contributed by atoms with E-state index in [1.165, 1.54) is 11.3 Å². The van der Waals surface area contributed by atoms with E-state index in [9.17, 15) is 9.59 Å². The van der Waals surface area contributed by atoms with Gasteiger partial charge in [-0.05, 0) is 25.1 Å². The molecule has 0 atom stereocenters. The maximum absolute atomic E-state index is 12.6. The molecule has 7 heteroatoms. The van der Waals surface area contributed by atoms with Gasteiger partial charge in [0.2, 0.25) is 5.78 Å². The van der Waals surface area contributed by atoms with Gasteiger partial charge in [-0.2, -0.15) is 0 Å². The lowest BCUT2D eigenvalue weighted by molar-refractivity contribution is -0.136. The van der Waals surface area contributed by atoms with Crippen molar-refractivity contribution in [1.29, 1.82) is 0 Å². The molecule has 2 N–H and O–H groups in total. The van der Waals surface area contributed by atoms with Gasteiger partial charge in [-0.1, -0.05) is 11.6 Å². The van der Waals surface area contributed by atoms with E-state index in [0.29, 0.717) is 26.5 Å². The quantitative estimate of drug-likeness (QED) is 0.716. The number of fused-ring (bicyclic) bond motifs is 1. The summed E-state index contributed by atoms with van der Waals surface area (Å²) in [6, 6.07) is 5.08. The Balaban J connectivity index is 2.19. The van der Waals surface area contributed by atoms with E-state index < -0.39 is 5.97 Å². The van der Waals surface area contributed by atoms with Gasteiger partial charge in [0.15, 0.2) is 5.01 Å². The summed E-state index contributed by atoms with van der Waals surface area (Å²) < 4.78 is 0. The van der Waals surface area contributed by atoms with Crippen LogP contribution in [-0.2, 0) is 11.2 Å². The standard InChI is InChI=1S/C15H11ClN2O3S/c1-7-6-17-15(22-7)14(21)13-10(5-12(19)20)9-4-8(16)2-3-11(9)18-13/h2-4,6,18H,5H2,1H3,(H,19,20). The summed E-state index contributed by atoms with van der Waals surface area (Å²) in [5.41, 5.74) is 1.37. The van der Waals surface area contributed by atoms with Gasteiger partial charge in [-0.3, -0.25) is 9.59 Å². The van der Waals surface area contributed by atoms with Crippen LogP contribution in [-0.4, -0.2) is 26.8 Å². The number of nitrogens with zero attached hydrogens (tertiary/aromatic N) is 1. The number of aromatic amines is 1. The molecule has 22 heavy (non-hydrogen) atoms. The second-order valence-corrected chi connectivity index (χ2v) is 6.52. The number of halogens is 1. The Morgan fingerprint density at radius 1 is 1.41 bits per heavy atom. The lowest BCUT2D eigenvalue weighted by Crippen LogP contribution is -2.08. The molecule has 2 aromatic heterocycles. The highest BCUT2D eigenvalue weighted by molar-refractivity contribution is 7.13. The van der Waals surface area contributed by atoms with E-state index in [4.69, 9.17) is 16.7 Å². The normalized spacial score (nSPS) is 11.0. The molecule has 0 aliphatic carbocycles. The Kier molecular flexibility index (Phi) is 3.72. The molecule has 0 aliphatic rings. The number of carbonyl (C=O) groups is 2. The van der Waals surface area contributed by atoms with Crippen LogP contribution in [0.2, 0.25) is 5.02 Å². The minimum Gasteiger partial charge on any atom is -0.481 e. The molecule has 5 nitrogen and oxygen atoms in total. The van der Waals surface area contributed by atoms with Gasteiger partial charge >= 0.3 is 5.97 Å². The van der Waals surface area contributed by atoms with E-state index in [1.54, 1.807) is 24.4 Å². The maximum Gasteiger partial charge on any atom is 0.307 e. The smallest absolute Gasteiger partial charge is 0.307 e. The average molecular weight is 335 g/mol. The molecule has 0 fully saturated rings. The van der Waals surface area contributed by atoms with Crippen molar-refractivity contribution in [3.8, 4) is 0 Å². The molecule has 3 aromatic rings. The van der Waals surface area contributed by atoms with Gasteiger partial charge in [-0.25, -0.2) is 4.98 Å². The monoisotopic (exact) mass is 334 g/mol. The predicted octanol–water partition coefficient (Wildman–Crippen LogP) is 3.44. The molecule has 0 radical (unpaired) electrons. The Labute approximate surface area is 134 Å². The summed E-state index contributed by atoms with van der Waals surface area (Å²) in [7, 11) is 0. The SMILES string of the molecule is Cc1cnc(C(=O)c2[nH]c3ccc(Cl)cc3c2CC(=O)O)s1. The summed E-state index contributed by atoms with van der Waals surface area (Å²) in [5, 5.41) is 10.6. The van der Waals surface area contributed by atoms with Crippen molar-refractivity contribution in [2.75, 3.05) is 0 Å². The number of carboxylic acid groups (broad SMARTS) is 1. The molecule has 2 heterocycles. The summed E-state index contributed by atoms with van der Waals surface area (Å²) in [4.78, 5) is 31.7. The summed E-state index contributed by atoms with van der Waals surface area (Å²) in [6.07, 6.45) is 1.36. The molecule has 0 spiro atoms. The molecule has 3 rings (SSSR count). The van der Waals surface area contributed by atoms with Gasteiger partial charge in [0.05, 0.1) is 12.1 Å². The molecule has 0 saturated heterocycles. The van der Waals surface area contributed by atoms with Crippen LogP contribution < -0.4 is 0 Å². The zero-order valence-corrected chi connectivity index (χ0v) is 13.1. The molecule has 0 amide bonds. The van der Waals surface area contributed by atoms with Crippen molar-refractivity contribution in [2.24, 2.45) is 0 Å². The number of hydrogen-bond acceptors (Lipinski definition) is 4. The van der Waals surface area contributed by atoms with Crippen LogP contribution in [0.25, 0.3) is 10.9 Å². The first-order chi connectivity index (χ1) is 10.5. The number of hydrogen-bond donors (Lipinski definition) is 2. The molecule has 0 aliphatic heterocycles. The first kappa shape index (κ1) is 14.7. The first-order valence-electron chi connectivity index (χ1n) is 6.44. The second-order valence-electron chi connectivity index (χ2n) is 4.84. The molecule has 1 aromatic carbocycles. The van der Waals surface area contributed by atoms with Crippen LogP contribution in [0.3, 0.4) is 0 Å². The fourth-order valence-corrected chi connectivity index (χ4v) is 3.20. The largest absolute Gasteiger partial charge is 0.481 e. The van der Waals surface area contributed by atoms with E-state index in [2.05, 4.69) is 9.97 Å². The third-order valence-corrected chi connectivity index (χ3v) is 4.39. The van der Waals surface area contributed by atoms with Crippen LogP contribution in [0.4, 0.5) is 0 Å². The minimum absolute atomic E-state index is 0.258. The van der Waals surface area contributed by atoms with Crippen LogP contribution in [0.15, 0.2) is 24.4 Å². The third-order valence-electron chi connectivity index (χ3n) is 3.24. The summed E-state index contributed by atoms with van der Waals surface area (Å²) >= 11 is 7.26. The van der Waals surface area contributed by atoms with E-state index >= 15 is 0 Å². The third kappa shape index (κ3) is 2.63. The van der Waals surface area contributed by atoms with Gasteiger partial charge in [0.1, 0.15) is 0 Å². The highest BCUT2D eigenvalue weighted by Crippen LogP contribution is 2.28. The number of benzene rings is 1. The van der Waals surface area contributed by atoms with Crippen molar-refractivity contribution in [3.05, 3.63) is 50.6 Å². The Hall–Kier alpha value is -2.18. The van der Waals surface area contributed by atoms with Crippen molar-refractivity contribution < 1.29 is 14.7 Å². The number of thiazole rings is 1. The molecule has 0 bridgehead atoms. The molecule has 112 valence electrons. The highest BCUT2D eigenvalue weighted by Gasteiger charge is 2.23. The Morgan fingerprint density at radius 3 is 2.82 bits per heavy atom. The second kappa shape index (κ2) is 5.55. The Morgan fingerprint density at radius 2 is 2.18 bits per heavy atom. The molecular weight excluding hydrogens is 324 g/mol. The highest BCUT2D eigenvalue weighted by atomic mass is 35.5. The minimum atomic E-state index is -1.01. The van der Waals surface area contributed by atoms with E-state index in [-0.39, 0.29) is 17.9 Å². The summed E-state index contributed by atoms with van der Waals surface area (Å²) in [6.45, 7) is 1.86. The molecule has 0 saturated carbocycles. The number of aromatic nitrogens is 2. The number of nitrogens with one attached hydrogen (secondary N) is 1. The van der Waals surface area contributed by atoms with Gasteiger partial charge in [-0.15, -0.1) is 11.3 Å². The average Bonchev–Trinajstić information content (AvgIpc) is 3.03. The van der Waals surface area contributed by atoms with Gasteiger partial charge in [0, 0.05) is 32.6 Å². The number of carbonyl (C=O) groups excluding carboxylic acids is 1. The number of ketones is 1. The van der Waals surface area contributed by atoms with Crippen LogP contribution >= 0.6 is 22.9 Å². The van der Waals surface area contributed by atoms with Crippen molar-refractivity contribution in [2.45, 2.75) is 13.3 Å². The maximum atomic E-state index is 12.6. The fraction of sp³-hybridized carbons (Fsp3) is 0.133. The Bertz CT molecular complexity index is 897. The zero-order valence-electron chi connectivity index (χ0n) is 11.5. The van der Waals surface area contributed by atoms with Gasteiger partial charge < -0.3 is 10.1 Å². The number of H-pyrrole nitrogens is 1. The van der Waals surface area contributed by atoms with Crippen molar-refractivity contribution >= 4 is 45.6 Å². The van der Waals surface area contributed by atoms with E-state index in [0.717, 1.165) is 4.88 Å². The molecular formula is C15H11ClN2O3S. The van der Waals surface area contributed by atoms with E-state index in [1.807, 2.05) is 6.92 Å². The number of aryl methyl sites for hydroxylation is 1. The predicted molar refractivity (Wildman–Crippen MR) is 84.9 cm³/mol. The van der Waals surface area contributed by atoms with Crippen LogP contribution in [0.5, 0.6) is 0 Å². The van der Waals surface area contributed by atoms with Crippen LogP contribution in [0.1, 0.15) is 25.9 Å². The number of carboxylic acids is 1. The lowest BCUT2D eigenvalue weighted by Gasteiger charge is -2.00. The number of rotatable bonds is 4. The number of aliphatic carboxylic acids is 1. The summed E-state index contributed by atoms with van der Waals surface area (Å²) in [5.74, 6) is -1.31. The topological polar surface area (TPSA) is 83.0 Å². The van der Waals surface area contributed by atoms with Crippen molar-refractivity contribution in [3.63, 3.8) is 0 Å².